The molecule has 222 valence electrons. The van der Waals surface area contributed by atoms with Crippen LogP contribution in [-0.4, -0.2) is 91.3 Å². The molecule has 1 aromatic carbocycles. The molecule has 2 aliphatic heterocycles. The van der Waals surface area contributed by atoms with Crippen LogP contribution in [0.2, 0.25) is 0 Å². The molecule has 8 nitrogen and oxygen atoms in total. The van der Waals surface area contributed by atoms with Crippen molar-refractivity contribution >= 4 is 11.7 Å². The second-order valence-electron chi connectivity index (χ2n) is 11.7. The number of anilines is 1. The molecule has 41 heavy (non-hydrogen) atoms. The molecule has 0 radical (unpaired) electrons. The van der Waals surface area contributed by atoms with Crippen LogP contribution in [-0.2, 0) is 35.2 Å². The number of likely N-dealkylation sites (tertiary alicyclic amines) is 1. The second-order valence-corrected chi connectivity index (χ2v) is 11.7. The molecule has 5 rings (SSSR count). The van der Waals surface area contributed by atoms with Crippen LogP contribution in [0, 0.1) is 11.7 Å². The van der Waals surface area contributed by atoms with E-state index in [2.05, 4.69) is 29.5 Å². The summed E-state index contributed by atoms with van der Waals surface area (Å²) in [7, 11) is 3.80. The van der Waals surface area contributed by atoms with Crippen molar-refractivity contribution in [3.05, 3.63) is 59.1 Å². The minimum absolute atomic E-state index is 0.0761. The zero-order chi connectivity index (χ0) is 28.9. The van der Waals surface area contributed by atoms with Gasteiger partial charge in [-0.05, 0) is 87.7 Å². The summed E-state index contributed by atoms with van der Waals surface area (Å²) < 4.78 is 26.3. The number of carbonyl (C=O) groups excluding carboxylic acids is 1. The molecule has 2 aromatic rings. The molecule has 9 heteroatoms. The van der Waals surface area contributed by atoms with E-state index < -0.39 is 0 Å². The van der Waals surface area contributed by atoms with Crippen molar-refractivity contribution in [2.45, 2.75) is 64.0 Å². The SMILES string of the molecule is C=CC(=O)N1CCN(c2nc(OC[C@@H]3CCCN3C)nc3c2CC[C@@H](Cc2cccc(F)c2CC)C3)C[C@@H]1COC. The highest BCUT2D eigenvalue weighted by molar-refractivity contribution is 5.87. The van der Waals surface area contributed by atoms with E-state index in [-0.39, 0.29) is 17.8 Å². The zero-order valence-corrected chi connectivity index (χ0v) is 24.8. The third kappa shape index (κ3) is 6.56. The first-order chi connectivity index (χ1) is 19.9. The smallest absolute Gasteiger partial charge is 0.318 e. The third-order valence-corrected chi connectivity index (χ3v) is 9.09. The monoisotopic (exact) mass is 565 g/mol. The van der Waals surface area contributed by atoms with Gasteiger partial charge < -0.3 is 24.2 Å². The number of aromatic nitrogens is 2. The Labute approximate surface area is 243 Å². The summed E-state index contributed by atoms with van der Waals surface area (Å²) in [5.41, 5.74) is 4.12. The molecule has 3 aliphatic rings. The maximum absolute atomic E-state index is 14.5. The van der Waals surface area contributed by atoms with Gasteiger partial charge in [-0.2, -0.15) is 9.97 Å². The van der Waals surface area contributed by atoms with E-state index in [0.717, 1.165) is 61.3 Å². The highest BCUT2D eigenvalue weighted by atomic mass is 19.1. The Kier molecular flexibility index (Phi) is 9.55. The van der Waals surface area contributed by atoms with Crippen molar-refractivity contribution in [3.8, 4) is 6.01 Å². The molecule has 3 heterocycles. The fourth-order valence-electron chi connectivity index (χ4n) is 6.80. The number of fused-ring (bicyclic) bond motifs is 1. The predicted molar refractivity (Wildman–Crippen MR) is 158 cm³/mol. The van der Waals surface area contributed by atoms with Gasteiger partial charge in [-0.15, -0.1) is 0 Å². The molecule has 0 bridgehead atoms. The number of hydrogen-bond donors (Lipinski definition) is 0. The lowest BCUT2D eigenvalue weighted by Gasteiger charge is -2.42. The topological polar surface area (TPSA) is 71.0 Å². The first kappa shape index (κ1) is 29.5. The molecule has 1 amide bonds. The molecule has 0 saturated carbocycles. The summed E-state index contributed by atoms with van der Waals surface area (Å²) >= 11 is 0. The molecule has 0 spiro atoms. The highest BCUT2D eigenvalue weighted by Gasteiger charge is 2.34. The fraction of sp³-hybridized carbons (Fsp3) is 0.594. The zero-order valence-electron chi connectivity index (χ0n) is 24.8. The first-order valence-corrected chi connectivity index (χ1v) is 15.1. The van der Waals surface area contributed by atoms with Crippen molar-refractivity contribution in [1.29, 1.82) is 0 Å². The van der Waals surface area contributed by atoms with Crippen LogP contribution in [0.15, 0.2) is 30.9 Å². The van der Waals surface area contributed by atoms with Gasteiger partial charge in [0.05, 0.1) is 18.3 Å². The molecule has 2 saturated heterocycles. The number of amides is 1. The van der Waals surface area contributed by atoms with Crippen molar-refractivity contribution in [2.75, 3.05) is 58.5 Å². The minimum Gasteiger partial charge on any atom is -0.462 e. The van der Waals surface area contributed by atoms with Gasteiger partial charge in [-0.25, -0.2) is 4.39 Å². The van der Waals surface area contributed by atoms with Crippen molar-refractivity contribution < 1.29 is 18.7 Å². The van der Waals surface area contributed by atoms with E-state index in [1.807, 2.05) is 17.9 Å². The number of piperazine rings is 1. The van der Waals surface area contributed by atoms with Gasteiger partial charge in [-0.3, -0.25) is 4.79 Å². The molecule has 3 atom stereocenters. The quantitative estimate of drug-likeness (QED) is 0.406. The first-order valence-electron chi connectivity index (χ1n) is 15.1. The van der Waals surface area contributed by atoms with E-state index >= 15 is 0 Å². The van der Waals surface area contributed by atoms with Gasteiger partial charge in [0, 0.05) is 38.3 Å². The average Bonchev–Trinajstić information content (AvgIpc) is 3.39. The Balaban J connectivity index is 1.41. The number of benzene rings is 1. The van der Waals surface area contributed by atoms with Crippen LogP contribution in [0.5, 0.6) is 6.01 Å². The molecular weight excluding hydrogens is 521 g/mol. The maximum Gasteiger partial charge on any atom is 0.318 e. The standard InChI is InChI=1S/C32H44FN5O3/c1-5-26-23(9-7-11-28(26)33)17-22-12-13-27-29(18-22)34-32(41-21-24-10-8-14-36(24)3)35-31(27)37-15-16-38(30(39)6-2)25(19-37)20-40-4/h6-7,9,11,22,24-25H,2,5,8,10,12-21H2,1,3-4H3/t22-,24-,25+/m0/s1. The lowest BCUT2D eigenvalue weighted by Crippen LogP contribution is -2.57. The molecule has 0 N–H and O–H groups in total. The number of methoxy groups -OCH3 is 1. The van der Waals surface area contributed by atoms with Crippen molar-refractivity contribution in [3.63, 3.8) is 0 Å². The van der Waals surface area contributed by atoms with Gasteiger partial charge in [0.15, 0.2) is 0 Å². The Bertz CT molecular complexity index is 1240. The third-order valence-electron chi connectivity index (χ3n) is 9.09. The normalized spacial score (nSPS) is 23.0. The number of ether oxygens (including phenoxy) is 2. The van der Waals surface area contributed by atoms with Crippen LogP contribution < -0.4 is 9.64 Å². The van der Waals surface area contributed by atoms with Crippen molar-refractivity contribution in [1.82, 2.24) is 19.8 Å². The van der Waals surface area contributed by atoms with Gasteiger partial charge in [0.2, 0.25) is 5.91 Å². The van der Waals surface area contributed by atoms with Gasteiger partial charge in [-0.1, -0.05) is 25.6 Å². The van der Waals surface area contributed by atoms with Crippen molar-refractivity contribution in [2.24, 2.45) is 5.92 Å². The number of carbonyl (C=O) groups is 1. The van der Waals surface area contributed by atoms with E-state index in [4.69, 9.17) is 19.4 Å². The number of rotatable bonds is 10. The van der Waals surface area contributed by atoms with E-state index in [0.29, 0.717) is 57.2 Å². The summed E-state index contributed by atoms with van der Waals surface area (Å²) in [5.74, 6) is 1.09. The highest BCUT2D eigenvalue weighted by Crippen LogP contribution is 2.35. The van der Waals surface area contributed by atoms with Crippen LogP contribution in [0.25, 0.3) is 0 Å². The number of hydrogen-bond acceptors (Lipinski definition) is 7. The summed E-state index contributed by atoms with van der Waals surface area (Å²) in [6.45, 7) is 9.64. The van der Waals surface area contributed by atoms with Gasteiger partial charge in [0.1, 0.15) is 18.2 Å². The number of nitrogens with zero attached hydrogens (tertiary/aromatic N) is 5. The van der Waals surface area contributed by atoms with Crippen LogP contribution in [0.1, 0.15) is 48.6 Å². The van der Waals surface area contributed by atoms with Gasteiger partial charge >= 0.3 is 6.01 Å². The van der Waals surface area contributed by atoms with Gasteiger partial charge in [0.25, 0.3) is 0 Å². The Morgan fingerprint density at radius 3 is 2.76 bits per heavy atom. The minimum atomic E-state index is -0.113. The summed E-state index contributed by atoms with van der Waals surface area (Å²) in [6.07, 6.45) is 7.85. The number of likely N-dealkylation sites (N-methyl/N-ethyl adjacent to an activating group) is 1. The predicted octanol–water partition coefficient (Wildman–Crippen LogP) is 3.85. The van der Waals surface area contributed by atoms with Crippen LogP contribution in [0.4, 0.5) is 10.2 Å². The Hall–Kier alpha value is -3.04. The molecule has 2 fully saturated rings. The largest absolute Gasteiger partial charge is 0.462 e. The molecule has 0 unspecified atom stereocenters. The van der Waals surface area contributed by atoms with Crippen LogP contribution >= 0.6 is 0 Å². The Morgan fingerprint density at radius 2 is 2.02 bits per heavy atom. The summed E-state index contributed by atoms with van der Waals surface area (Å²) in [4.78, 5) is 28.9. The fourth-order valence-corrected chi connectivity index (χ4v) is 6.80. The van der Waals surface area contributed by atoms with E-state index in [9.17, 15) is 9.18 Å². The maximum atomic E-state index is 14.5. The summed E-state index contributed by atoms with van der Waals surface area (Å²) in [5, 5.41) is 0. The lowest BCUT2D eigenvalue weighted by atomic mass is 9.82. The molecular formula is C32H44FN5O3. The lowest BCUT2D eigenvalue weighted by molar-refractivity contribution is -0.129. The van der Waals surface area contributed by atoms with Crippen LogP contribution in [0.3, 0.4) is 0 Å². The molecule has 1 aromatic heterocycles. The summed E-state index contributed by atoms with van der Waals surface area (Å²) in [6, 6.07) is 6.13. The average molecular weight is 566 g/mol. The van der Waals surface area contributed by atoms with E-state index in [1.54, 1.807) is 13.2 Å². The Morgan fingerprint density at radius 1 is 1.17 bits per heavy atom. The van der Waals surface area contributed by atoms with E-state index in [1.165, 1.54) is 18.1 Å². The number of halogens is 1. The second kappa shape index (κ2) is 13.3. The molecule has 1 aliphatic carbocycles.